The molecule has 0 amide bonds. The Balaban J connectivity index is 1.73. The van der Waals surface area contributed by atoms with Crippen LogP contribution in [0.4, 0.5) is 0 Å². The molecule has 0 atom stereocenters. The molecule has 0 aliphatic heterocycles. The Bertz CT molecular complexity index is 1170. The molecule has 5 rings (SSSR count). The molecule has 0 spiro atoms. The Morgan fingerprint density at radius 3 is 2.32 bits per heavy atom. The molecular formula is C30H36N+. The van der Waals surface area contributed by atoms with Gasteiger partial charge in [0.2, 0.25) is 5.69 Å². The maximum atomic E-state index is 2.55. The normalized spacial score (nSPS) is 17.5. The molecule has 0 unspecified atom stereocenters. The largest absolute Gasteiger partial charge is 0.213 e. The predicted molar refractivity (Wildman–Crippen MR) is 130 cm³/mol. The van der Waals surface area contributed by atoms with E-state index in [4.69, 9.17) is 0 Å². The lowest BCUT2D eigenvalue weighted by molar-refractivity contribution is -0.660. The zero-order valence-electron chi connectivity index (χ0n) is 20.1. The first-order valence-electron chi connectivity index (χ1n) is 12.0. The number of hydrogen-bond donors (Lipinski definition) is 0. The summed E-state index contributed by atoms with van der Waals surface area (Å²) in [5.74, 6) is 0.689. The van der Waals surface area contributed by atoms with E-state index in [-0.39, 0.29) is 0 Å². The van der Waals surface area contributed by atoms with Gasteiger partial charge in [-0.3, -0.25) is 0 Å². The molecule has 1 heteroatoms. The molecule has 160 valence electrons. The van der Waals surface area contributed by atoms with E-state index in [0.717, 1.165) is 6.42 Å². The van der Waals surface area contributed by atoms with Gasteiger partial charge < -0.3 is 0 Å². The standard InChI is InChI=1S/C30H36N/c1-19-16-27(31(6)18-21(19)3)28-20(2)15-25(22-11-13-30(4,5)14-12-22)29-24-10-8-7-9-23(24)17-26(28)29/h7-10,15-16,18,22H,11-14,17H2,1-6H3/q+1. The summed E-state index contributed by atoms with van der Waals surface area (Å²) in [5.41, 5.74) is 15.2. The second-order valence-corrected chi connectivity index (χ2v) is 10.9. The monoisotopic (exact) mass is 410 g/mol. The van der Waals surface area contributed by atoms with E-state index >= 15 is 0 Å². The highest BCUT2D eigenvalue weighted by atomic mass is 14.9. The second kappa shape index (κ2) is 7.33. The highest BCUT2D eigenvalue weighted by Gasteiger charge is 2.34. The third-order valence-corrected chi connectivity index (χ3v) is 8.09. The first kappa shape index (κ1) is 20.5. The van der Waals surface area contributed by atoms with Gasteiger partial charge in [0.1, 0.15) is 7.05 Å². The summed E-state index contributed by atoms with van der Waals surface area (Å²) in [6.07, 6.45) is 8.65. The maximum Gasteiger partial charge on any atom is 0.213 e. The SMILES string of the molecule is Cc1cc(-c2c(C)cc(C3CCC(C)(C)CC3)c3c2Cc2ccccc2-3)[n+](C)cc1C. The summed E-state index contributed by atoms with van der Waals surface area (Å²) >= 11 is 0. The van der Waals surface area contributed by atoms with Gasteiger partial charge in [-0.25, -0.2) is 4.57 Å². The van der Waals surface area contributed by atoms with Gasteiger partial charge in [-0.05, 0) is 103 Å². The summed E-state index contributed by atoms with van der Waals surface area (Å²) in [7, 11) is 2.20. The minimum atomic E-state index is 0.500. The molecule has 1 nitrogen and oxygen atoms in total. The van der Waals surface area contributed by atoms with Crippen molar-refractivity contribution in [2.75, 3.05) is 0 Å². The van der Waals surface area contributed by atoms with Gasteiger partial charge in [-0.2, -0.15) is 0 Å². The quantitative estimate of drug-likeness (QED) is 0.304. The Labute approximate surface area is 188 Å². The zero-order valence-corrected chi connectivity index (χ0v) is 20.1. The van der Waals surface area contributed by atoms with Crippen LogP contribution in [-0.4, -0.2) is 0 Å². The Morgan fingerprint density at radius 2 is 1.58 bits per heavy atom. The van der Waals surface area contributed by atoms with E-state index in [9.17, 15) is 0 Å². The molecule has 2 aliphatic rings. The van der Waals surface area contributed by atoms with Crippen molar-refractivity contribution in [3.8, 4) is 22.4 Å². The molecule has 1 saturated carbocycles. The first-order chi connectivity index (χ1) is 14.7. The molecular weight excluding hydrogens is 374 g/mol. The van der Waals surface area contributed by atoms with Gasteiger partial charge in [0.25, 0.3) is 0 Å². The van der Waals surface area contributed by atoms with Gasteiger partial charge in [-0.1, -0.05) is 44.2 Å². The minimum Gasteiger partial charge on any atom is -0.201 e. The lowest BCUT2D eigenvalue weighted by atomic mass is 9.70. The van der Waals surface area contributed by atoms with E-state index in [1.165, 1.54) is 64.8 Å². The first-order valence-corrected chi connectivity index (χ1v) is 12.0. The molecule has 2 aromatic carbocycles. The zero-order chi connectivity index (χ0) is 21.9. The number of aryl methyl sites for hydroxylation is 4. The van der Waals surface area contributed by atoms with Crippen LogP contribution in [0.25, 0.3) is 22.4 Å². The molecule has 1 heterocycles. The second-order valence-electron chi connectivity index (χ2n) is 10.9. The third kappa shape index (κ3) is 3.43. The smallest absolute Gasteiger partial charge is 0.201 e. The summed E-state index contributed by atoms with van der Waals surface area (Å²) in [4.78, 5) is 0. The maximum absolute atomic E-state index is 2.55. The van der Waals surface area contributed by atoms with Crippen LogP contribution in [0.15, 0.2) is 42.6 Å². The lowest BCUT2D eigenvalue weighted by Crippen LogP contribution is -2.32. The van der Waals surface area contributed by atoms with Crippen molar-refractivity contribution in [3.63, 3.8) is 0 Å². The molecule has 2 aliphatic carbocycles. The minimum absolute atomic E-state index is 0.500. The fourth-order valence-corrected chi connectivity index (χ4v) is 6.04. The topological polar surface area (TPSA) is 3.88 Å². The van der Waals surface area contributed by atoms with Gasteiger partial charge in [0, 0.05) is 11.6 Å². The van der Waals surface area contributed by atoms with Crippen LogP contribution in [0.5, 0.6) is 0 Å². The predicted octanol–water partition coefficient (Wildman–Crippen LogP) is 7.36. The van der Waals surface area contributed by atoms with Gasteiger partial charge in [-0.15, -0.1) is 0 Å². The van der Waals surface area contributed by atoms with Crippen LogP contribution < -0.4 is 4.57 Å². The highest BCUT2D eigenvalue weighted by Crippen LogP contribution is 2.50. The molecule has 1 aromatic heterocycles. The third-order valence-electron chi connectivity index (χ3n) is 8.09. The van der Waals surface area contributed by atoms with Crippen molar-refractivity contribution < 1.29 is 4.57 Å². The average molecular weight is 411 g/mol. The van der Waals surface area contributed by atoms with Gasteiger partial charge in [0.15, 0.2) is 6.20 Å². The van der Waals surface area contributed by atoms with E-state index in [1.807, 2.05) is 0 Å². The van der Waals surface area contributed by atoms with E-state index in [2.05, 4.69) is 88.8 Å². The number of fused-ring (bicyclic) bond motifs is 3. The van der Waals surface area contributed by atoms with Crippen molar-refractivity contribution in [1.29, 1.82) is 0 Å². The fourth-order valence-electron chi connectivity index (χ4n) is 6.04. The number of rotatable bonds is 2. The number of benzene rings is 2. The number of pyridine rings is 1. The summed E-state index contributed by atoms with van der Waals surface area (Å²) < 4.78 is 2.33. The Kier molecular flexibility index (Phi) is 4.84. The molecule has 1 fully saturated rings. The summed E-state index contributed by atoms with van der Waals surface area (Å²) in [5, 5.41) is 0. The van der Waals surface area contributed by atoms with Gasteiger partial charge >= 0.3 is 0 Å². The lowest BCUT2D eigenvalue weighted by Gasteiger charge is -2.35. The van der Waals surface area contributed by atoms with Crippen LogP contribution in [-0.2, 0) is 13.5 Å². The van der Waals surface area contributed by atoms with E-state index in [0.29, 0.717) is 11.3 Å². The van der Waals surface area contributed by atoms with Crippen molar-refractivity contribution in [1.82, 2.24) is 0 Å². The van der Waals surface area contributed by atoms with E-state index in [1.54, 1.807) is 16.7 Å². The van der Waals surface area contributed by atoms with Crippen molar-refractivity contribution in [2.45, 2.75) is 72.6 Å². The summed E-state index contributed by atoms with van der Waals surface area (Å²) in [6, 6.07) is 14.1. The molecule has 0 N–H and O–H groups in total. The molecule has 0 bridgehead atoms. The van der Waals surface area contributed by atoms with Gasteiger partial charge in [0.05, 0.1) is 5.56 Å². The number of nitrogens with zero attached hydrogens (tertiary/aromatic N) is 1. The number of hydrogen-bond acceptors (Lipinski definition) is 0. The summed E-state index contributed by atoms with van der Waals surface area (Å²) in [6.45, 7) is 11.7. The van der Waals surface area contributed by atoms with Crippen LogP contribution in [0.2, 0.25) is 0 Å². The van der Waals surface area contributed by atoms with Crippen molar-refractivity contribution in [3.05, 3.63) is 76.0 Å². The van der Waals surface area contributed by atoms with Crippen molar-refractivity contribution >= 4 is 0 Å². The van der Waals surface area contributed by atoms with E-state index < -0.39 is 0 Å². The molecule has 31 heavy (non-hydrogen) atoms. The fraction of sp³-hybridized carbons (Fsp3) is 0.433. The van der Waals surface area contributed by atoms with Crippen LogP contribution in [0.1, 0.15) is 78.8 Å². The number of aromatic nitrogens is 1. The average Bonchev–Trinajstić information content (AvgIpc) is 3.10. The van der Waals surface area contributed by atoms with Crippen LogP contribution in [0, 0.1) is 26.2 Å². The highest BCUT2D eigenvalue weighted by molar-refractivity contribution is 5.87. The molecule has 3 aromatic rings. The van der Waals surface area contributed by atoms with Crippen LogP contribution >= 0.6 is 0 Å². The Morgan fingerprint density at radius 1 is 0.871 bits per heavy atom. The van der Waals surface area contributed by atoms with Crippen LogP contribution in [0.3, 0.4) is 0 Å². The Hall–Kier alpha value is -2.41. The van der Waals surface area contributed by atoms with Crippen molar-refractivity contribution in [2.24, 2.45) is 12.5 Å². The molecule has 0 radical (unpaired) electrons. The molecule has 0 saturated heterocycles.